The van der Waals surface area contributed by atoms with Crippen molar-refractivity contribution in [3.8, 4) is 0 Å². The van der Waals surface area contributed by atoms with Gasteiger partial charge in [0.25, 0.3) is 0 Å². The lowest BCUT2D eigenvalue weighted by Gasteiger charge is -2.26. The highest BCUT2D eigenvalue weighted by Gasteiger charge is 2.22. The number of nitrogens with zero attached hydrogens (tertiary/aromatic N) is 1. The summed E-state index contributed by atoms with van der Waals surface area (Å²) in [5.74, 6) is -4.74. The smallest absolute Gasteiger partial charge is 0.238 e. The van der Waals surface area contributed by atoms with E-state index in [1.54, 1.807) is 14.0 Å². The summed E-state index contributed by atoms with van der Waals surface area (Å²) in [6, 6.07) is 1.12. The summed E-state index contributed by atoms with van der Waals surface area (Å²) < 4.78 is 39.8. The number of likely N-dealkylation sites (N-methyl/N-ethyl adjacent to an activating group) is 1. The maximum absolute atomic E-state index is 13.6. The summed E-state index contributed by atoms with van der Waals surface area (Å²) >= 11 is 0. The first-order valence-electron chi connectivity index (χ1n) is 9.21. The van der Waals surface area contributed by atoms with Crippen molar-refractivity contribution < 1.29 is 22.8 Å². The van der Waals surface area contributed by atoms with Crippen LogP contribution in [-0.2, 0) is 9.59 Å². The molecular formula is C19H26F3N3O2. The third kappa shape index (κ3) is 5.95. The molecule has 8 heteroatoms. The third-order valence-electron chi connectivity index (χ3n) is 5.03. The van der Waals surface area contributed by atoms with Gasteiger partial charge in [0.05, 0.1) is 18.3 Å². The number of carbonyl (C=O) groups is 2. The average Bonchev–Trinajstić information content (AvgIpc) is 2.66. The summed E-state index contributed by atoms with van der Waals surface area (Å²) in [7, 11) is 1.59. The molecule has 27 heavy (non-hydrogen) atoms. The molecule has 0 bridgehead atoms. The Morgan fingerprint density at radius 3 is 2.48 bits per heavy atom. The van der Waals surface area contributed by atoms with Gasteiger partial charge in [0.1, 0.15) is 0 Å². The van der Waals surface area contributed by atoms with E-state index in [0.717, 1.165) is 25.0 Å². The lowest BCUT2D eigenvalue weighted by Crippen LogP contribution is -2.47. The Hall–Kier alpha value is -2.09. The van der Waals surface area contributed by atoms with Gasteiger partial charge in [-0.3, -0.25) is 14.5 Å². The topological polar surface area (TPSA) is 61.4 Å². The fourth-order valence-corrected chi connectivity index (χ4v) is 3.16. The van der Waals surface area contributed by atoms with Gasteiger partial charge in [0, 0.05) is 6.54 Å². The molecule has 1 aliphatic rings. The first-order chi connectivity index (χ1) is 12.8. The molecule has 5 nitrogen and oxygen atoms in total. The Morgan fingerprint density at radius 1 is 1.15 bits per heavy atom. The molecule has 2 rings (SSSR count). The zero-order valence-corrected chi connectivity index (χ0v) is 15.7. The van der Waals surface area contributed by atoms with E-state index in [2.05, 4.69) is 10.6 Å². The van der Waals surface area contributed by atoms with Crippen molar-refractivity contribution >= 4 is 17.5 Å². The fourth-order valence-electron chi connectivity index (χ4n) is 3.16. The van der Waals surface area contributed by atoms with Gasteiger partial charge in [-0.15, -0.1) is 0 Å². The predicted molar refractivity (Wildman–Crippen MR) is 96.6 cm³/mol. The van der Waals surface area contributed by atoms with Crippen LogP contribution in [0, 0.1) is 23.4 Å². The molecule has 150 valence electrons. The number of nitrogens with one attached hydrogen (secondary N) is 2. The minimum absolute atomic E-state index is 0.185. The van der Waals surface area contributed by atoms with Gasteiger partial charge in [0.2, 0.25) is 11.8 Å². The van der Waals surface area contributed by atoms with Crippen molar-refractivity contribution in [2.24, 2.45) is 5.92 Å². The van der Waals surface area contributed by atoms with E-state index in [1.165, 1.54) is 24.2 Å². The van der Waals surface area contributed by atoms with E-state index < -0.39 is 35.1 Å². The number of benzene rings is 1. The number of hydrogen-bond acceptors (Lipinski definition) is 3. The summed E-state index contributed by atoms with van der Waals surface area (Å²) in [6.45, 7) is 2.10. The Kier molecular flexibility index (Phi) is 7.65. The van der Waals surface area contributed by atoms with Crippen LogP contribution in [-0.4, -0.2) is 42.9 Å². The van der Waals surface area contributed by atoms with Crippen molar-refractivity contribution in [1.82, 2.24) is 10.2 Å². The van der Waals surface area contributed by atoms with Crippen molar-refractivity contribution in [2.75, 3.05) is 25.5 Å². The zero-order valence-electron chi connectivity index (χ0n) is 15.7. The van der Waals surface area contributed by atoms with Crippen molar-refractivity contribution in [2.45, 2.75) is 45.1 Å². The highest BCUT2D eigenvalue weighted by Crippen LogP contribution is 2.23. The van der Waals surface area contributed by atoms with Gasteiger partial charge < -0.3 is 10.6 Å². The molecule has 1 aliphatic carbocycles. The third-order valence-corrected chi connectivity index (χ3v) is 5.03. The predicted octanol–water partition coefficient (Wildman–Crippen LogP) is 3.06. The molecule has 1 fully saturated rings. The van der Waals surface area contributed by atoms with Crippen LogP contribution in [0.4, 0.5) is 18.9 Å². The summed E-state index contributed by atoms with van der Waals surface area (Å²) in [5, 5.41) is 5.11. The van der Waals surface area contributed by atoms with E-state index >= 15 is 0 Å². The zero-order chi connectivity index (χ0) is 20.0. The first kappa shape index (κ1) is 21.2. The van der Waals surface area contributed by atoms with Crippen LogP contribution in [0.5, 0.6) is 0 Å². The molecule has 1 aromatic rings. The van der Waals surface area contributed by atoms with Gasteiger partial charge in [-0.05, 0) is 44.9 Å². The van der Waals surface area contributed by atoms with Crippen LogP contribution in [0.25, 0.3) is 0 Å². The van der Waals surface area contributed by atoms with E-state index in [1.807, 2.05) is 0 Å². The van der Waals surface area contributed by atoms with Crippen molar-refractivity contribution in [3.05, 3.63) is 29.6 Å². The lowest BCUT2D eigenvalue weighted by atomic mass is 9.89. The number of carbonyl (C=O) groups excluding carboxylic acids is 2. The summed E-state index contributed by atoms with van der Waals surface area (Å²) in [6.07, 6.45) is 5.87. The van der Waals surface area contributed by atoms with Crippen LogP contribution in [0.1, 0.15) is 39.0 Å². The van der Waals surface area contributed by atoms with E-state index in [-0.39, 0.29) is 12.5 Å². The Labute approximate surface area is 157 Å². The number of halogens is 3. The van der Waals surface area contributed by atoms with Gasteiger partial charge in [-0.2, -0.15) is 0 Å². The summed E-state index contributed by atoms with van der Waals surface area (Å²) in [5.41, 5.74) is -0.443. The molecule has 2 N–H and O–H groups in total. The molecule has 0 heterocycles. The molecule has 0 aromatic heterocycles. The second-order valence-corrected chi connectivity index (χ2v) is 7.11. The van der Waals surface area contributed by atoms with Crippen LogP contribution >= 0.6 is 0 Å². The normalized spacial score (nSPS) is 16.2. The van der Waals surface area contributed by atoms with Crippen LogP contribution in [0.3, 0.4) is 0 Å². The Bertz CT molecular complexity index is 678. The highest BCUT2D eigenvalue weighted by atomic mass is 19.2. The molecule has 0 spiro atoms. The monoisotopic (exact) mass is 385 g/mol. The van der Waals surface area contributed by atoms with E-state index in [0.29, 0.717) is 12.5 Å². The standard InChI is InChI=1S/C19H26F3N3O2/c1-12(19(27)23-10-13-6-4-3-5-7-13)25(2)11-16(26)24-15-9-8-14(20)17(21)18(15)22/h8-9,12-13H,3-7,10-11H2,1-2H3,(H,23,27)(H,24,26)/t12-/m0/s1. The fraction of sp³-hybridized carbons (Fsp3) is 0.579. The minimum atomic E-state index is -1.64. The minimum Gasteiger partial charge on any atom is -0.354 e. The number of amides is 2. The largest absolute Gasteiger partial charge is 0.354 e. The van der Waals surface area contributed by atoms with Gasteiger partial charge in [-0.1, -0.05) is 19.3 Å². The van der Waals surface area contributed by atoms with E-state index in [9.17, 15) is 22.8 Å². The molecule has 1 aromatic carbocycles. The maximum atomic E-state index is 13.6. The van der Waals surface area contributed by atoms with Crippen molar-refractivity contribution in [1.29, 1.82) is 0 Å². The molecule has 1 atom stereocenters. The molecule has 0 unspecified atom stereocenters. The molecule has 0 saturated heterocycles. The second-order valence-electron chi connectivity index (χ2n) is 7.11. The molecule has 0 radical (unpaired) electrons. The van der Waals surface area contributed by atoms with Crippen LogP contribution in [0.2, 0.25) is 0 Å². The molecule has 1 saturated carbocycles. The quantitative estimate of drug-likeness (QED) is 0.709. The van der Waals surface area contributed by atoms with Gasteiger partial charge >= 0.3 is 0 Å². The van der Waals surface area contributed by atoms with E-state index in [4.69, 9.17) is 0 Å². The van der Waals surface area contributed by atoms with Crippen molar-refractivity contribution in [3.63, 3.8) is 0 Å². The number of hydrogen-bond donors (Lipinski definition) is 2. The average molecular weight is 385 g/mol. The number of rotatable bonds is 7. The van der Waals surface area contributed by atoms with Gasteiger partial charge in [0.15, 0.2) is 17.5 Å². The van der Waals surface area contributed by atoms with Gasteiger partial charge in [-0.25, -0.2) is 13.2 Å². The number of anilines is 1. The second kappa shape index (κ2) is 9.73. The molecule has 2 amide bonds. The Balaban J connectivity index is 1.82. The first-order valence-corrected chi connectivity index (χ1v) is 9.21. The lowest BCUT2D eigenvalue weighted by molar-refractivity contribution is -0.126. The SMILES string of the molecule is C[C@@H](C(=O)NCC1CCCCC1)N(C)CC(=O)Nc1ccc(F)c(F)c1F. The van der Waals surface area contributed by atoms with Crippen LogP contribution < -0.4 is 10.6 Å². The Morgan fingerprint density at radius 2 is 1.81 bits per heavy atom. The maximum Gasteiger partial charge on any atom is 0.238 e. The molecule has 0 aliphatic heterocycles. The van der Waals surface area contributed by atoms with Crippen LogP contribution in [0.15, 0.2) is 12.1 Å². The summed E-state index contributed by atoms with van der Waals surface area (Å²) in [4.78, 5) is 25.8. The molecular weight excluding hydrogens is 359 g/mol. The highest BCUT2D eigenvalue weighted by molar-refractivity contribution is 5.93.